The Balaban J connectivity index is 1.44. The second kappa shape index (κ2) is 6.82. The quantitative estimate of drug-likeness (QED) is 0.793. The summed E-state index contributed by atoms with van der Waals surface area (Å²) in [6, 6.07) is 5.92. The van der Waals surface area contributed by atoms with Gasteiger partial charge in [-0.05, 0) is 31.8 Å². The van der Waals surface area contributed by atoms with E-state index in [-0.39, 0.29) is 18.7 Å². The third-order valence-corrected chi connectivity index (χ3v) is 5.20. The van der Waals surface area contributed by atoms with Gasteiger partial charge in [-0.2, -0.15) is 0 Å². The Labute approximate surface area is 148 Å². The van der Waals surface area contributed by atoms with E-state index in [0.29, 0.717) is 11.8 Å². The number of likely N-dealkylation sites (N-methyl/N-ethyl adjacent to an activating group) is 1. The normalized spacial score (nSPS) is 22.1. The topological polar surface area (TPSA) is 54.5 Å². The molecule has 0 bridgehead atoms. The first-order valence-corrected chi connectivity index (χ1v) is 8.80. The minimum atomic E-state index is -0.305. The molecule has 1 aromatic rings. The van der Waals surface area contributed by atoms with Gasteiger partial charge in [0, 0.05) is 32.2 Å². The van der Waals surface area contributed by atoms with Crippen LogP contribution in [0.1, 0.15) is 11.6 Å². The van der Waals surface area contributed by atoms with Gasteiger partial charge in [0.25, 0.3) is 0 Å². The maximum absolute atomic E-state index is 13.1. The Morgan fingerprint density at radius 2 is 1.88 bits per heavy atom. The van der Waals surface area contributed by atoms with E-state index in [4.69, 9.17) is 14.2 Å². The molecule has 0 unspecified atom stereocenters. The van der Waals surface area contributed by atoms with Crippen LogP contribution >= 0.6 is 0 Å². The van der Waals surface area contributed by atoms with E-state index in [0.717, 1.165) is 50.7 Å². The van der Waals surface area contributed by atoms with Crippen LogP contribution in [0, 0.1) is 0 Å². The zero-order valence-corrected chi connectivity index (χ0v) is 14.8. The first-order chi connectivity index (χ1) is 12.1. The van der Waals surface area contributed by atoms with Crippen molar-refractivity contribution in [3.8, 4) is 11.5 Å². The molecule has 3 heterocycles. The van der Waals surface area contributed by atoms with E-state index in [9.17, 15) is 4.79 Å². The minimum Gasteiger partial charge on any atom is -0.454 e. The van der Waals surface area contributed by atoms with Crippen molar-refractivity contribution in [2.45, 2.75) is 12.1 Å². The van der Waals surface area contributed by atoms with Gasteiger partial charge in [-0.15, -0.1) is 0 Å². The number of morpholine rings is 1. The molecule has 136 valence electrons. The fourth-order valence-electron chi connectivity index (χ4n) is 3.73. The number of hydrogen-bond donors (Lipinski definition) is 0. The molecule has 2 saturated heterocycles. The highest BCUT2D eigenvalue weighted by Gasteiger charge is 2.39. The predicted molar refractivity (Wildman–Crippen MR) is 91.8 cm³/mol. The molecule has 0 aliphatic carbocycles. The maximum atomic E-state index is 13.1. The van der Waals surface area contributed by atoms with Crippen LogP contribution in [0.2, 0.25) is 0 Å². The SMILES string of the molecule is CN(C)[C@@H](C(=O)N1CC(N2CCOCC2)C1)c1ccc2c(c1)OCO2. The van der Waals surface area contributed by atoms with Crippen LogP contribution in [0.5, 0.6) is 11.5 Å². The van der Waals surface area contributed by atoms with Gasteiger partial charge in [-0.3, -0.25) is 14.6 Å². The smallest absolute Gasteiger partial charge is 0.244 e. The molecule has 0 spiro atoms. The van der Waals surface area contributed by atoms with Gasteiger partial charge in [-0.25, -0.2) is 0 Å². The highest BCUT2D eigenvalue weighted by Crippen LogP contribution is 2.36. The molecule has 4 rings (SSSR count). The van der Waals surface area contributed by atoms with Crippen molar-refractivity contribution in [3.63, 3.8) is 0 Å². The lowest BCUT2D eigenvalue weighted by Crippen LogP contribution is -2.64. The molecular weight excluding hydrogens is 322 g/mol. The van der Waals surface area contributed by atoms with Crippen LogP contribution in [-0.4, -0.2) is 86.9 Å². The van der Waals surface area contributed by atoms with Gasteiger partial charge in [-0.1, -0.05) is 6.07 Å². The number of benzene rings is 1. The van der Waals surface area contributed by atoms with E-state index in [1.807, 2.05) is 42.1 Å². The van der Waals surface area contributed by atoms with Gasteiger partial charge in [0.05, 0.1) is 13.2 Å². The number of fused-ring (bicyclic) bond motifs is 1. The van der Waals surface area contributed by atoms with E-state index in [1.165, 1.54) is 0 Å². The largest absolute Gasteiger partial charge is 0.454 e. The minimum absolute atomic E-state index is 0.147. The summed E-state index contributed by atoms with van der Waals surface area (Å²) in [5, 5.41) is 0. The molecule has 3 aliphatic rings. The van der Waals surface area contributed by atoms with Crippen molar-refractivity contribution in [1.29, 1.82) is 0 Å². The van der Waals surface area contributed by atoms with Gasteiger partial charge in [0.1, 0.15) is 6.04 Å². The van der Waals surface area contributed by atoms with Gasteiger partial charge >= 0.3 is 0 Å². The van der Waals surface area contributed by atoms with Crippen LogP contribution in [-0.2, 0) is 9.53 Å². The third-order valence-electron chi connectivity index (χ3n) is 5.20. The number of nitrogens with zero attached hydrogens (tertiary/aromatic N) is 3. The Hall–Kier alpha value is -1.83. The van der Waals surface area contributed by atoms with Crippen LogP contribution in [0.3, 0.4) is 0 Å². The molecule has 1 aromatic carbocycles. The average Bonchev–Trinajstić information content (AvgIpc) is 3.02. The molecule has 2 fully saturated rings. The molecule has 1 amide bonds. The summed E-state index contributed by atoms with van der Waals surface area (Å²) in [7, 11) is 3.87. The van der Waals surface area contributed by atoms with E-state index < -0.39 is 0 Å². The number of likely N-dealkylation sites (tertiary alicyclic amines) is 1. The summed E-state index contributed by atoms with van der Waals surface area (Å²) in [5.41, 5.74) is 0.939. The molecule has 0 N–H and O–H groups in total. The zero-order chi connectivity index (χ0) is 17.4. The van der Waals surface area contributed by atoms with E-state index >= 15 is 0 Å². The van der Waals surface area contributed by atoms with Crippen molar-refractivity contribution in [1.82, 2.24) is 14.7 Å². The highest BCUT2D eigenvalue weighted by molar-refractivity contribution is 5.84. The summed E-state index contributed by atoms with van der Waals surface area (Å²) in [6.07, 6.45) is 0. The second-order valence-corrected chi connectivity index (χ2v) is 7.02. The molecule has 1 atom stereocenters. The van der Waals surface area contributed by atoms with Crippen LogP contribution in [0.4, 0.5) is 0 Å². The Kier molecular flexibility index (Phi) is 4.54. The lowest BCUT2D eigenvalue weighted by atomic mass is 9.99. The predicted octanol–water partition coefficient (Wildman–Crippen LogP) is 0.561. The molecule has 0 radical (unpaired) electrons. The Morgan fingerprint density at radius 3 is 2.60 bits per heavy atom. The lowest BCUT2D eigenvalue weighted by Gasteiger charge is -2.47. The fraction of sp³-hybridized carbons (Fsp3) is 0.611. The average molecular weight is 347 g/mol. The number of hydrogen-bond acceptors (Lipinski definition) is 6. The third kappa shape index (κ3) is 3.19. The number of carbonyl (C=O) groups is 1. The van der Waals surface area contributed by atoms with Crippen LogP contribution in [0.15, 0.2) is 18.2 Å². The van der Waals surface area contributed by atoms with Crippen molar-refractivity contribution in [3.05, 3.63) is 23.8 Å². The first kappa shape index (κ1) is 16.6. The van der Waals surface area contributed by atoms with Gasteiger partial charge in [0.2, 0.25) is 12.7 Å². The number of amides is 1. The molecular formula is C18H25N3O4. The van der Waals surface area contributed by atoms with Crippen molar-refractivity contribution in [2.75, 3.05) is 60.3 Å². The standard InChI is InChI=1S/C18H25N3O4/c1-19(2)17(13-3-4-15-16(9-13)25-12-24-15)18(22)21-10-14(11-21)20-5-7-23-8-6-20/h3-4,9,14,17H,5-8,10-12H2,1-2H3/t17-/m1/s1. The second-order valence-electron chi connectivity index (χ2n) is 7.02. The highest BCUT2D eigenvalue weighted by atomic mass is 16.7. The number of carbonyl (C=O) groups excluding carboxylic acids is 1. The van der Waals surface area contributed by atoms with Crippen molar-refractivity contribution in [2.24, 2.45) is 0 Å². The Morgan fingerprint density at radius 1 is 1.16 bits per heavy atom. The fourth-order valence-corrected chi connectivity index (χ4v) is 3.73. The molecule has 0 aromatic heterocycles. The van der Waals surface area contributed by atoms with E-state index in [1.54, 1.807) is 0 Å². The molecule has 7 heteroatoms. The first-order valence-electron chi connectivity index (χ1n) is 8.80. The molecule has 0 saturated carbocycles. The summed E-state index contributed by atoms with van der Waals surface area (Å²) in [6.45, 7) is 5.36. The van der Waals surface area contributed by atoms with Crippen molar-refractivity contribution < 1.29 is 19.0 Å². The lowest BCUT2D eigenvalue weighted by molar-refractivity contribution is -0.145. The van der Waals surface area contributed by atoms with Crippen molar-refractivity contribution >= 4 is 5.91 Å². The van der Waals surface area contributed by atoms with E-state index in [2.05, 4.69) is 4.90 Å². The van der Waals surface area contributed by atoms with Gasteiger partial charge in [0.15, 0.2) is 11.5 Å². The zero-order valence-electron chi connectivity index (χ0n) is 14.8. The maximum Gasteiger partial charge on any atom is 0.244 e. The summed E-state index contributed by atoms with van der Waals surface area (Å²) in [4.78, 5) is 19.4. The monoisotopic (exact) mass is 347 g/mol. The Bertz CT molecular complexity index is 639. The van der Waals surface area contributed by atoms with Gasteiger partial charge < -0.3 is 19.1 Å². The summed E-state index contributed by atoms with van der Waals surface area (Å²) in [5.74, 6) is 1.60. The number of ether oxygens (including phenoxy) is 3. The molecule has 25 heavy (non-hydrogen) atoms. The number of rotatable bonds is 4. The van der Waals surface area contributed by atoms with Crippen LogP contribution < -0.4 is 9.47 Å². The molecule has 3 aliphatic heterocycles. The summed E-state index contributed by atoms with van der Waals surface area (Å²) >= 11 is 0. The van der Waals surface area contributed by atoms with Crippen LogP contribution in [0.25, 0.3) is 0 Å². The molecule has 7 nitrogen and oxygen atoms in total. The summed E-state index contributed by atoms with van der Waals surface area (Å²) < 4.78 is 16.2.